The Morgan fingerprint density at radius 2 is 2.06 bits per heavy atom. The van der Waals surface area contributed by atoms with Crippen molar-refractivity contribution in [2.45, 2.75) is 46.1 Å². The fourth-order valence-corrected chi connectivity index (χ4v) is 2.10. The van der Waals surface area contributed by atoms with Crippen LogP contribution < -0.4 is 5.32 Å². The highest BCUT2D eigenvalue weighted by atomic mass is 16.3. The molecule has 0 aliphatic rings. The van der Waals surface area contributed by atoms with Crippen molar-refractivity contribution in [2.75, 3.05) is 13.1 Å². The molecule has 0 amide bonds. The molecule has 0 fully saturated rings. The Morgan fingerprint density at radius 3 is 2.67 bits per heavy atom. The van der Waals surface area contributed by atoms with Gasteiger partial charge < -0.3 is 10.4 Å². The Morgan fingerprint density at radius 1 is 1.33 bits per heavy atom. The first-order valence-electron chi connectivity index (χ1n) is 6.88. The third kappa shape index (κ3) is 6.18. The van der Waals surface area contributed by atoms with Gasteiger partial charge in [0.25, 0.3) is 0 Å². The van der Waals surface area contributed by atoms with Crippen LogP contribution in [0.25, 0.3) is 0 Å². The van der Waals surface area contributed by atoms with Crippen LogP contribution in [-0.4, -0.2) is 23.8 Å². The third-order valence-electron chi connectivity index (χ3n) is 3.06. The van der Waals surface area contributed by atoms with E-state index >= 15 is 0 Å². The van der Waals surface area contributed by atoms with Crippen LogP contribution in [0.15, 0.2) is 24.3 Å². The predicted molar refractivity (Wildman–Crippen MR) is 77.8 cm³/mol. The van der Waals surface area contributed by atoms with Crippen molar-refractivity contribution in [2.24, 2.45) is 5.92 Å². The highest BCUT2D eigenvalue weighted by molar-refractivity contribution is 5.23. The second-order valence-electron chi connectivity index (χ2n) is 6.01. The molecule has 18 heavy (non-hydrogen) atoms. The maximum Gasteiger partial charge on any atom is 0.0672 e. The van der Waals surface area contributed by atoms with E-state index < -0.39 is 5.60 Å². The first-order chi connectivity index (χ1) is 8.39. The smallest absolute Gasteiger partial charge is 0.0672 e. The van der Waals surface area contributed by atoms with Gasteiger partial charge in [0, 0.05) is 6.42 Å². The van der Waals surface area contributed by atoms with Crippen LogP contribution in [-0.2, 0) is 6.42 Å². The normalized spacial score (nSPS) is 14.8. The molecular weight excluding hydrogens is 222 g/mol. The highest BCUT2D eigenvalue weighted by Gasteiger charge is 2.20. The molecule has 1 aromatic carbocycles. The van der Waals surface area contributed by atoms with Crippen LogP contribution in [0.4, 0.5) is 0 Å². The van der Waals surface area contributed by atoms with E-state index in [9.17, 15) is 5.11 Å². The lowest BCUT2D eigenvalue weighted by atomic mass is 9.92. The summed E-state index contributed by atoms with van der Waals surface area (Å²) in [6.45, 7) is 10.3. The largest absolute Gasteiger partial charge is 0.390 e. The molecule has 0 radical (unpaired) electrons. The average Bonchev–Trinajstić information content (AvgIpc) is 2.23. The van der Waals surface area contributed by atoms with Crippen molar-refractivity contribution in [3.63, 3.8) is 0 Å². The topological polar surface area (TPSA) is 32.3 Å². The number of hydrogen-bond acceptors (Lipinski definition) is 2. The molecule has 0 aliphatic heterocycles. The van der Waals surface area contributed by atoms with Gasteiger partial charge in [-0.05, 0) is 44.8 Å². The minimum absolute atomic E-state index is 0.627. The Balaban J connectivity index is 2.39. The standard InChI is InChI=1S/C16H27NO/c1-13(2)12-17-9-8-16(4,18)11-15-7-5-6-14(3)10-15/h5-7,10,13,17-18H,8-9,11-12H2,1-4H3. The van der Waals surface area contributed by atoms with Gasteiger partial charge in [-0.1, -0.05) is 43.7 Å². The average molecular weight is 249 g/mol. The first-order valence-corrected chi connectivity index (χ1v) is 6.88. The Bertz CT molecular complexity index is 358. The second-order valence-corrected chi connectivity index (χ2v) is 6.01. The molecule has 1 unspecified atom stereocenters. The van der Waals surface area contributed by atoms with Gasteiger partial charge in [-0.2, -0.15) is 0 Å². The van der Waals surface area contributed by atoms with E-state index in [0.717, 1.165) is 25.9 Å². The van der Waals surface area contributed by atoms with Crippen molar-refractivity contribution in [1.29, 1.82) is 0 Å². The van der Waals surface area contributed by atoms with E-state index in [2.05, 4.69) is 50.4 Å². The van der Waals surface area contributed by atoms with Gasteiger partial charge in [0.2, 0.25) is 0 Å². The molecule has 1 rings (SSSR count). The highest BCUT2D eigenvalue weighted by Crippen LogP contribution is 2.17. The van der Waals surface area contributed by atoms with Crippen LogP contribution in [0.5, 0.6) is 0 Å². The summed E-state index contributed by atoms with van der Waals surface area (Å²) in [5, 5.41) is 13.8. The van der Waals surface area contributed by atoms with Crippen LogP contribution in [0.3, 0.4) is 0 Å². The molecular formula is C16H27NO. The fraction of sp³-hybridized carbons (Fsp3) is 0.625. The van der Waals surface area contributed by atoms with Gasteiger partial charge in [-0.3, -0.25) is 0 Å². The molecule has 0 saturated heterocycles. The van der Waals surface area contributed by atoms with E-state index in [1.54, 1.807) is 0 Å². The van der Waals surface area contributed by atoms with Crippen LogP contribution in [0.2, 0.25) is 0 Å². The van der Waals surface area contributed by atoms with Crippen molar-refractivity contribution < 1.29 is 5.11 Å². The first kappa shape index (κ1) is 15.2. The minimum atomic E-state index is -0.627. The van der Waals surface area contributed by atoms with Gasteiger partial charge >= 0.3 is 0 Å². The molecule has 0 heterocycles. The molecule has 1 atom stereocenters. The third-order valence-corrected chi connectivity index (χ3v) is 3.06. The van der Waals surface area contributed by atoms with E-state index in [1.807, 2.05) is 6.92 Å². The van der Waals surface area contributed by atoms with Crippen LogP contribution >= 0.6 is 0 Å². The lowest BCUT2D eigenvalue weighted by Crippen LogP contribution is -2.33. The molecule has 0 saturated carbocycles. The fourth-order valence-electron chi connectivity index (χ4n) is 2.10. The van der Waals surface area contributed by atoms with Crippen molar-refractivity contribution in [3.8, 4) is 0 Å². The molecule has 0 aromatic heterocycles. The Hall–Kier alpha value is -0.860. The van der Waals surface area contributed by atoms with E-state index in [4.69, 9.17) is 0 Å². The summed E-state index contributed by atoms with van der Waals surface area (Å²) >= 11 is 0. The molecule has 1 aromatic rings. The summed E-state index contributed by atoms with van der Waals surface area (Å²) in [4.78, 5) is 0. The van der Waals surface area contributed by atoms with Crippen molar-refractivity contribution in [3.05, 3.63) is 35.4 Å². The summed E-state index contributed by atoms with van der Waals surface area (Å²) in [5.41, 5.74) is 1.84. The van der Waals surface area contributed by atoms with Crippen LogP contribution in [0, 0.1) is 12.8 Å². The number of hydrogen-bond donors (Lipinski definition) is 2. The monoisotopic (exact) mass is 249 g/mol. The quantitative estimate of drug-likeness (QED) is 0.728. The molecule has 0 aliphatic carbocycles. The number of benzene rings is 1. The summed E-state index contributed by atoms with van der Waals surface area (Å²) in [6, 6.07) is 8.37. The number of rotatable bonds is 7. The molecule has 2 heteroatoms. The predicted octanol–water partition coefficient (Wildman–Crippen LogP) is 2.92. The number of nitrogens with one attached hydrogen (secondary N) is 1. The lowest BCUT2D eigenvalue weighted by Gasteiger charge is -2.24. The SMILES string of the molecule is Cc1cccc(CC(C)(O)CCNCC(C)C)c1. The zero-order valence-corrected chi connectivity index (χ0v) is 12.2. The Kier molecular flexibility index (Phi) is 5.83. The number of aryl methyl sites for hydroxylation is 1. The van der Waals surface area contributed by atoms with E-state index in [0.29, 0.717) is 5.92 Å². The molecule has 102 valence electrons. The minimum Gasteiger partial charge on any atom is -0.390 e. The van der Waals surface area contributed by atoms with Crippen molar-refractivity contribution >= 4 is 0 Å². The summed E-state index contributed by atoms with van der Waals surface area (Å²) < 4.78 is 0. The van der Waals surface area contributed by atoms with Crippen molar-refractivity contribution in [1.82, 2.24) is 5.32 Å². The zero-order valence-electron chi connectivity index (χ0n) is 12.2. The van der Waals surface area contributed by atoms with Gasteiger partial charge in [-0.25, -0.2) is 0 Å². The van der Waals surface area contributed by atoms with Crippen LogP contribution in [0.1, 0.15) is 38.3 Å². The molecule has 0 spiro atoms. The van der Waals surface area contributed by atoms with Gasteiger partial charge in [0.05, 0.1) is 5.60 Å². The maximum atomic E-state index is 10.4. The zero-order chi connectivity index (χ0) is 13.6. The Labute approximate surface area is 111 Å². The summed E-state index contributed by atoms with van der Waals surface area (Å²) in [5.74, 6) is 0.659. The maximum absolute atomic E-state index is 10.4. The lowest BCUT2D eigenvalue weighted by molar-refractivity contribution is 0.0514. The summed E-state index contributed by atoms with van der Waals surface area (Å²) in [6.07, 6.45) is 1.51. The molecule has 0 bridgehead atoms. The summed E-state index contributed by atoms with van der Waals surface area (Å²) in [7, 11) is 0. The van der Waals surface area contributed by atoms with Gasteiger partial charge in [-0.15, -0.1) is 0 Å². The van der Waals surface area contributed by atoms with Gasteiger partial charge in [0.15, 0.2) is 0 Å². The van der Waals surface area contributed by atoms with E-state index in [-0.39, 0.29) is 0 Å². The second kappa shape index (κ2) is 6.91. The van der Waals surface area contributed by atoms with Gasteiger partial charge in [0.1, 0.15) is 0 Å². The molecule has 2 nitrogen and oxygen atoms in total. The van der Waals surface area contributed by atoms with E-state index in [1.165, 1.54) is 11.1 Å². The number of aliphatic hydroxyl groups is 1. The molecule has 2 N–H and O–H groups in total.